The van der Waals surface area contributed by atoms with Crippen molar-refractivity contribution in [2.75, 3.05) is 6.54 Å². The predicted octanol–water partition coefficient (Wildman–Crippen LogP) is 2.84. The molecule has 1 rings (SSSR count). The number of aryl methyl sites for hydroxylation is 1. The quantitative estimate of drug-likeness (QED) is 0.813. The lowest BCUT2D eigenvalue weighted by Crippen LogP contribution is -2.33. The summed E-state index contributed by atoms with van der Waals surface area (Å²) in [7, 11) is 0. The zero-order chi connectivity index (χ0) is 15.2. The Hall–Kier alpha value is -1.59. The molecule has 3 N–H and O–H groups in total. The van der Waals surface area contributed by atoms with Gasteiger partial charge in [-0.1, -0.05) is 29.8 Å². The molecule has 1 unspecified atom stereocenters. The molecule has 0 bridgehead atoms. The third-order valence-electron chi connectivity index (χ3n) is 2.69. The normalized spacial score (nSPS) is 12.8. The number of hydrogen-bond donors (Lipinski definition) is 2. The minimum atomic E-state index is -0.495. The maximum Gasteiger partial charge on any atom is 0.407 e. The van der Waals surface area contributed by atoms with E-state index in [-0.39, 0.29) is 6.10 Å². The summed E-state index contributed by atoms with van der Waals surface area (Å²) in [5.41, 5.74) is 1.67. The van der Waals surface area contributed by atoms with Crippen LogP contribution in [0.5, 0.6) is 0 Å². The molecule has 1 aromatic carbocycles. The van der Waals surface area contributed by atoms with Gasteiger partial charge in [-0.25, -0.2) is 10.7 Å². The first-order valence-corrected chi connectivity index (χ1v) is 6.71. The molecule has 1 amide bonds. The van der Waals surface area contributed by atoms with Crippen molar-refractivity contribution in [2.24, 2.45) is 5.90 Å². The molecule has 1 atom stereocenters. The van der Waals surface area contributed by atoms with Crippen LogP contribution in [0.2, 0.25) is 0 Å². The van der Waals surface area contributed by atoms with Crippen LogP contribution in [-0.2, 0) is 9.57 Å². The highest BCUT2D eigenvalue weighted by Gasteiger charge is 2.17. The maximum absolute atomic E-state index is 11.5. The SMILES string of the molecule is Cc1ccc(C(CCNC(=O)OC(C)(C)C)ON)cc1. The fourth-order valence-corrected chi connectivity index (χ4v) is 1.71. The summed E-state index contributed by atoms with van der Waals surface area (Å²) in [5, 5.41) is 2.69. The van der Waals surface area contributed by atoms with E-state index in [4.69, 9.17) is 15.5 Å². The van der Waals surface area contributed by atoms with Gasteiger partial charge in [0.25, 0.3) is 0 Å². The second-order valence-corrected chi connectivity index (χ2v) is 5.75. The van der Waals surface area contributed by atoms with Gasteiger partial charge in [0.15, 0.2) is 0 Å². The van der Waals surface area contributed by atoms with Crippen LogP contribution in [0.1, 0.15) is 44.4 Å². The van der Waals surface area contributed by atoms with Crippen LogP contribution >= 0.6 is 0 Å². The summed E-state index contributed by atoms with van der Waals surface area (Å²) < 4.78 is 5.15. The van der Waals surface area contributed by atoms with E-state index in [0.29, 0.717) is 13.0 Å². The van der Waals surface area contributed by atoms with Crippen molar-refractivity contribution in [3.05, 3.63) is 35.4 Å². The lowest BCUT2D eigenvalue weighted by Gasteiger charge is -2.20. The monoisotopic (exact) mass is 280 g/mol. The van der Waals surface area contributed by atoms with Crippen LogP contribution in [0.25, 0.3) is 0 Å². The first kappa shape index (κ1) is 16.5. The molecule has 0 fully saturated rings. The molecule has 0 aliphatic carbocycles. The molecular weight excluding hydrogens is 256 g/mol. The molecule has 5 nitrogen and oxygen atoms in total. The maximum atomic E-state index is 11.5. The van der Waals surface area contributed by atoms with Gasteiger partial charge in [0, 0.05) is 6.54 Å². The van der Waals surface area contributed by atoms with Gasteiger partial charge in [-0.05, 0) is 39.7 Å². The highest BCUT2D eigenvalue weighted by molar-refractivity contribution is 5.67. The summed E-state index contributed by atoms with van der Waals surface area (Å²) in [5.74, 6) is 5.32. The van der Waals surface area contributed by atoms with E-state index in [9.17, 15) is 4.79 Å². The number of rotatable bonds is 5. The number of benzene rings is 1. The fraction of sp³-hybridized carbons (Fsp3) is 0.533. The first-order chi connectivity index (χ1) is 9.31. The van der Waals surface area contributed by atoms with E-state index in [1.54, 1.807) is 0 Å². The average Bonchev–Trinajstić information content (AvgIpc) is 2.34. The van der Waals surface area contributed by atoms with Gasteiger partial charge in [-0.15, -0.1) is 0 Å². The van der Waals surface area contributed by atoms with E-state index in [0.717, 1.165) is 5.56 Å². The Labute approximate surface area is 120 Å². The van der Waals surface area contributed by atoms with Crippen molar-refractivity contribution in [1.82, 2.24) is 5.32 Å². The number of amides is 1. The Balaban J connectivity index is 2.42. The van der Waals surface area contributed by atoms with Crippen LogP contribution in [0, 0.1) is 6.92 Å². The molecule has 0 saturated heterocycles. The molecule has 1 aromatic rings. The highest BCUT2D eigenvalue weighted by Crippen LogP contribution is 2.19. The average molecular weight is 280 g/mol. The van der Waals surface area contributed by atoms with E-state index in [1.807, 2.05) is 52.0 Å². The summed E-state index contributed by atoms with van der Waals surface area (Å²) in [4.78, 5) is 16.5. The molecular formula is C15H24N2O3. The Morgan fingerprint density at radius 3 is 2.40 bits per heavy atom. The van der Waals surface area contributed by atoms with E-state index >= 15 is 0 Å². The van der Waals surface area contributed by atoms with Crippen molar-refractivity contribution in [2.45, 2.75) is 45.8 Å². The van der Waals surface area contributed by atoms with Gasteiger partial charge in [-0.3, -0.25) is 4.84 Å². The van der Waals surface area contributed by atoms with Crippen molar-refractivity contribution < 1.29 is 14.4 Å². The van der Waals surface area contributed by atoms with Crippen molar-refractivity contribution in [1.29, 1.82) is 0 Å². The molecule has 0 aliphatic rings. The molecule has 20 heavy (non-hydrogen) atoms. The van der Waals surface area contributed by atoms with Gasteiger partial charge in [-0.2, -0.15) is 0 Å². The predicted molar refractivity (Wildman–Crippen MR) is 78.0 cm³/mol. The molecule has 0 radical (unpaired) electrons. The first-order valence-electron chi connectivity index (χ1n) is 6.71. The fourth-order valence-electron chi connectivity index (χ4n) is 1.71. The van der Waals surface area contributed by atoms with E-state index in [2.05, 4.69) is 5.32 Å². The largest absolute Gasteiger partial charge is 0.444 e. The Bertz CT molecular complexity index is 424. The lowest BCUT2D eigenvalue weighted by atomic mass is 10.1. The summed E-state index contributed by atoms with van der Waals surface area (Å²) in [6.45, 7) is 7.93. The highest BCUT2D eigenvalue weighted by atomic mass is 16.6. The zero-order valence-electron chi connectivity index (χ0n) is 12.6. The van der Waals surface area contributed by atoms with Crippen molar-refractivity contribution in [3.63, 3.8) is 0 Å². The molecule has 0 spiro atoms. The number of hydrogen-bond acceptors (Lipinski definition) is 4. The summed E-state index contributed by atoms with van der Waals surface area (Å²) in [6.07, 6.45) is -0.0959. The minimum Gasteiger partial charge on any atom is -0.444 e. The molecule has 0 aromatic heterocycles. The van der Waals surface area contributed by atoms with Gasteiger partial charge >= 0.3 is 6.09 Å². The van der Waals surface area contributed by atoms with Gasteiger partial charge in [0.1, 0.15) is 11.7 Å². The van der Waals surface area contributed by atoms with Crippen LogP contribution in [0.3, 0.4) is 0 Å². The third kappa shape index (κ3) is 6.04. The van der Waals surface area contributed by atoms with Crippen LogP contribution in [-0.4, -0.2) is 18.2 Å². The molecule has 112 valence electrons. The second kappa shape index (κ2) is 7.26. The van der Waals surface area contributed by atoms with Crippen LogP contribution in [0.4, 0.5) is 4.79 Å². The summed E-state index contributed by atoms with van der Waals surface area (Å²) >= 11 is 0. The van der Waals surface area contributed by atoms with Gasteiger partial charge in [0.05, 0.1) is 0 Å². The Morgan fingerprint density at radius 2 is 1.90 bits per heavy atom. The van der Waals surface area contributed by atoms with Crippen molar-refractivity contribution in [3.8, 4) is 0 Å². The molecule has 5 heteroatoms. The number of carbonyl (C=O) groups excluding carboxylic acids is 1. The van der Waals surface area contributed by atoms with Crippen LogP contribution < -0.4 is 11.2 Å². The number of nitrogens with one attached hydrogen (secondary N) is 1. The third-order valence-corrected chi connectivity index (χ3v) is 2.69. The van der Waals surface area contributed by atoms with Crippen molar-refractivity contribution >= 4 is 6.09 Å². The van der Waals surface area contributed by atoms with E-state index in [1.165, 1.54) is 5.56 Å². The number of ether oxygens (including phenoxy) is 1. The topological polar surface area (TPSA) is 73.6 Å². The number of alkyl carbamates (subject to hydrolysis) is 1. The van der Waals surface area contributed by atoms with Gasteiger partial charge in [0.2, 0.25) is 0 Å². The molecule has 0 aliphatic heterocycles. The number of nitrogens with two attached hydrogens (primary N) is 1. The lowest BCUT2D eigenvalue weighted by molar-refractivity contribution is 0.0398. The van der Waals surface area contributed by atoms with E-state index < -0.39 is 11.7 Å². The zero-order valence-corrected chi connectivity index (χ0v) is 12.6. The standard InChI is InChI=1S/C15H24N2O3/c1-11-5-7-12(8-6-11)13(20-16)9-10-17-14(18)19-15(2,3)4/h5-8,13H,9-10,16H2,1-4H3,(H,17,18). The summed E-state index contributed by atoms with van der Waals surface area (Å²) in [6, 6.07) is 7.95. The second-order valence-electron chi connectivity index (χ2n) is 5.75. The molecule has 0 heterocycles. The minimum absolute atomic E-state index is 0.245. The van der Waals surface area contributed by atoms with Gasteiger partial charge < -0.3 is 10.1 Å². The number of carbonyl (C=O) groups is 1. The van der Waals surface area contributed by atoms with Crippen LogP contribution in [0.15, 0.2) is 24.3 Å². The molecule has 0 saturated carbocycles. The Kier molecular flexibility index (Phi) is 5.98. The Morgan fingerprint density at radius 1 is 1.30 bits per heavy atom. The smallest absolute Gasteiger partial charge is 0.407 e.